The first kappa shape index (κ1) is 16.2. The molecule has 0 bridgehead atoms. The molecule has 7 nitrogen and oxygen atoms in total. The minimum Gasteiger partial charge on any atom is -0.399 e. The Kier molecular flexibility index (Phi) is 6.23. The topological polar surface area (TPSA) is 103 Å². The van der Waals surface area contributed by atoms with Crippen molar-refractivity contribution in [1.29, 1.82) is 0 Å². The summed E-state index contributed by atoms with van der Waals surface area (Å²) in [5.41, 5.74) is 6.29. The lowest BCUT2D eigenvalue weighted by molar-refractivity contribution is -0.139. The minimum absolute atomic E-state index is 0.0503. The van der Waals surface area contributed by atoms with Gasteiger partial charge in [-0.15, -0.1) is 0 Å². The lowest BCUT2D eigenvalue weighted by Crippen LogP contribution is -2.40. The first-order valence-corrected chi connectivity index (χ1v) is 6.05. The van der Waals surface area contributed by atoms with Gasteiger partial charge in [0.1, 0.15) is 0 Å². The molecule has 0 saturated heterocycles. The fraction of sp³-hybridized carbons (Fsp3) is 0.333. The number of nitrogens with two attached hydrogens (primary N) is 1. The molecule has 1 rings (SSSR count). The number of hydrogen-bond donors (Lipinski definition) is 3. The molecule has 0 heterocycles. The zero-order valence-electron chi connectivity index (χ0n) is 11.1. The van der Waals surface area contributed by atoms with Crippen LogP contribution in [0.15, 0.2) is 18.2 Å². The summed E-state index contributed by atoms with van der Waals surface area (Å²) in [7, 11) is 2.85. The predicted molar refractivity (Wildman–Crippen MR) is 75.3 cm³/mol. The summed E-state index contributed by atoms with van der Waals surface area (Å²) >= 11 is 5.88. The van der Waals surface area contributed by atoms with Crippen LogP contribution in [0.1, 0.15) is 0 Å². The third-order valence-corrected chi connectivity index (χ3v) is 2.72. The van der Waals surface area contributed by atoms with Crippen molar-refractivity contribution >= 4 is 34.8 Å². The quantitative estimate of drug-likeness (QED) is 0.420. The molecule has 4 N–H and O–H groups in total. The van der Waals surface area contributed by atoms with E-state index < -0.39 is 18.1 Å². The van der Waals surface area contributed by atoms with Gasteiger partial charge in [0.25, 0.3) is 0 Å². The molecule has 0 spiro atoms. The first-order chi connectivity index (χ1) is 9.47. The first-order valence-electron chi connectivity index (χ1n) is 5.67. The summed E-state index contributed by atoms with van der Waals surface area (Å²) in [4.78, 5) is 23.2. The molecule has 0 aliphatic rings. The molecular weight excluding hydrogens is 286 g/mol. The summed E-state index contributed by atoms with van der Waals surface area (Å²) in [6.45, 7) is 0.0503. The van der Waals surface area contributed by atoms with Crippen LogP contribution in [0, 0.1) is 0 Å². The SMILES string of the molecule is COC(CNC(=O)C(=O)Nc1ccc(N)cc1Cl)OC. The van der Waals surface area contributed by atoms with Crippen LogP contribution in [-0.4, -0.2) is 38.9 Å². The van der Waals surface area contributed by atoms with E-state index >= 15 is 0 Å². The lowest BCUT2D eigenvalue weighted by atomic mass is 10.3. The van der Waals surface area contributed by atoms with Crippen LogP contribution in [0.5, 0.6) is 0 Å². The Labute approximate surface area is 121 Å². The van der Waals surface area contributed by atoms with Gasteiger partial charge in [-0.3, -0.25) is 9.59 Å². The number of hydrogen-bond acceptors (Lipinski definition) is 5. The number of nitrogens with one attached hydrogen (secondary N) is 2. The van der Waals surface area contributed by atoms with E-state index in [0.29, 0.717) is 11.4 Å². The zero-order chi connectivity index (χ0) is 15.1. The Morgan fingerprint density at radius 3 is 2.50 bits per heavy atom. The van der Waals surface area contributed by atoms with Crippen molar-refractivity contribution in [3.8, 4) is 0 Å². The van der Waals surface area contributed by atoms with E-state index in [4.69, 9.17) is 26.8 Å². The van der Waals surface area contributed by atoms with Crippen molar-refractivity contribution < 1.29 is 19.1 Å². The molecule has 0 aromatic heterocycles. The highest BCUT2D eigenvalue weighted by Gasteiger charge is 2.16. The third kappa shape index (κ3) is 4.69. The van der Waals surface area contributed by atoms with E-state index in [1.165, 1.54) is 26.4 Å². The smallest absolute Gasteiger partial charge is 0.313 e. The Hall–Kier alpha value is -1.83. The fourth-order valence-electron chi connectivity index (χ4n) is 1.33. The number of halogens is 1. The van der Waals surface area contributed by atoms with Crippen LogP contribution in [0.3, 0.4) is 0 Å². The van der Waals surface area contributed by atoms with E-state index in [0.717, 1.165) is 0 Å². The van der Waals surface area contributed by atoms with E-state index in [9.17, 15) is 9.59 Å². The Bertz CT molecular complexity index is 492. The van der Waals surface area contributed by atoms with E-state index in [2.05, 4.69) is 10.6 Å². The average Bonchev–Trinajstić information content (AvgIpc) is 2.42. The molecule has 0 atom stereocenters. The second-order valence-corrected chi connectivity index (χ2v) is 4.21. The number of ether oxygens (including phenoxy) is 2. The zero-order valence-corrected chi connectivity index (χ0v) is 11.9. The van der Waals surface area contributed by atoms with E-state index in [-0.39, 0.29) is 11.6 Å². The van der Waals surface area contributed by atoms with Crippen LogP contribution in [0.2, 0.25) is 5.02 Å². The van der Waals surface area contributed by atoms with Crippen molar-refractivity contribution in [2.75, 3.05) is 31.8 Å². The predicted octanol–water partition coefficient (Wildman–Crippen LogP) is 0.596. The van der Waals surface area contributed by atoms with Crippen LogP contribution in [-0.2, 0) is 19.1 Å². The van der Waals surface area contributed by atoms with Gasteiger partial charge < -0.3 is 25.8 Å². The normalized spacial score (nSPS) is 10.4. The number of amides is 2. The molecule has 1 aromatic carbocycles. The molecule has 2 amide bonds. The molecule has 1 aromatic rings. The Morgan fingerprint density at radius 1 is 1.30 bits per heavy atom. The standard InChI is InChI=1S/C12H16ClN3O4/c1-19-10(20-2)6-15-11(17)12(18)16-9-4-3-7(14)5-8(9)13/h3-5,10H,6,14H2,1-2H3,(H,15,17)(H,16,18). The number of nitrogen functional groups attached to an aromatic ring is 1. The molecule has 0 saturated carbocycles. The third-order valence-electron chi connectivity index (χ3n) is 2.40. The van der Waals surface area contributed by atoms with Crippen molar-refractivity contribution in [2.24, 2.45) is 0 Å². The maximum atomic E-state index is 11.6. The second-order valence-electron chi connectivity index (χ2n) is 3.80. The highest BCUT2D eigenvalue weighted by Crippen LogP contribution is 2.23. The number of methoxy groups -OCH3 is 2. The number of carbonyl (C=O) groups is 2. The molecule has 110 valence electrons. The lowest BCUT2D eigenvalue weighted by Gasteiger charge is -2.14. The highest BCUT2D eigenvalue weighted by atomic mass is 35.5. The van der Waals surface area contributed by atoms with Crippen molar-refractivity contribution in [3.63, 3.8) is 0 Å². The number of benzene rings is 1. The van der Waals surface area contributed by atoms with Crippen LogP contribution < -0.4 is 16.4 Å². The molecule has 0 radical (unpaired) electrons. The number of anilines is 2. The molecule has 8 heteroatoms. The van der Waals surface area contributed by atoms with Gasteiger partial charge in [0, 0.05) is 19.9 Å². The van der Waals surface area contributed by atoms with E-state index in [1.807, 2.05) is 0 Å². The molecule has 0 fully saturated rings. The van der Waals surface area contributed by atoms with Gasteiger partial charge in [0.15, 0.2) is 6.29 Å². The Balaban J connectivity index is 2.55. The number of carbonyl (C=O) groups excluding carboxylic acids is 2. The highest BCUT2D eigenvalue weighted by molar-refractivity contribution is 6.41. The monoisotopic (exact) mass is 301 g/mol. The average molecular weight is 302 g/mol. The van der Waals surface area contributed by atoms with Crippen molar-refractivity contribution in [1.82, 2.24) is 5.32 Å². The van der Waals surface area contributed by atoms with Gasteiger partial charge in [0.05, 0.1) is 17.3 Å². The van der Waals surface area contributed by atoms with Gasteiger partial charge in [-0.1, -0.05) is 11.6 Å². The summed E-state index contributed by atoms with van der Waals surface area (Å²) in [5, 5.41) is 4.99. The molecule has 0 aliphatic heterocycles. The van der Waals surface area contributed by atoms with Gasteiger partial charge in [-0.05, 0) is 18.2 Å². The molecule has 20 heavy (non-hydrogen) atoms. The largest absolute Gasteiger partial charge is 0.399 e. The summed E-state index contributed by atoms with van der Waals surface area (Å²) in [5.74, 6) is -1.67. The Morgan fingerprint density at radius 2 is 1.95 bits per heavy atom. The number of rotatable bonds is 5. The molecule has 0 aliphatic carbocycles. The van der Waals surface area contributed by atoms with Gasteiger partial charge in [0.2, 0.25) is 0 Å². The van der Waals surface area contributed by atoms with Gasteiger partial charge in [-0.2, -0.15) is 0 Å². The van der Waals surface area contributed by atoms with Crippen molar-refractivity contribution in [2.45, 2.75) is 6.29 Å². The van der Waals surface area contributed by atoms with Crippen LogP contribution in [0.4, 0.5) is 11.4 Å². The van der Waals surface area contributed by atoms with E-state index in [1.54, 1.807) is 6.07 Å². The van der Waals surface area contributed by atoms with Crippen LogP contribution >= 0.6 is 11.6 Å². The van der Waals surface area contributed by atoms with Crippen molar-refractivity contribution in [3.05, 3.63) is 23.2 Å². The summed E-state index contributed by atoms with van der Waals surface area (Å²) in [6, 6.07) is 4.54. The summed E-state index contributed by atoms with van der Waals surface area (Å²) < 4.78 is 9.75. The van der Waals surface area contributed by atoms with Gasteiger partial charge in [-0.25, -0.2) is 0 Å². The summed E-state index contributed by atoms with van der Waals surface area (Å²) in [6.07, 6.45) is -0.619. The van der Waals surface area contributed by atoms with Crippen LogP contribution in [0.25, 0.3) is 0 Å². The molecular formula is C12H16ClN3O4. The second kappa shape index (κ2) is 7.68. The van der Waals surface area contributed by atoms with Gasteiger partial charge >= 0.3 is 11.8 Å². The fourth-order valence-corrected chi connectivity index (χ4v) is 1.57. The maximum absolute atomic E-state index is 11.6. The minimum atomic E-state index is -0.845. The molecule has 0 unspecified atom stereocenters. The maximum Gasteiger partial charge on any atom is 0.313 e.